The first kappa shape index (κ1) is 15.2. The number of hydrogen-bond donors (Lipinski definition) is 1. The van der Waals surface area contributed by atoms with E-state index < -0.39 is 0 Å². The number of fused-ring (bicyclic) bond motifs is 2. The number of likely N-dealkylation sites (N-methyl/N-ethyl adjacent to an activating group) is 1. The monoisotopic (exact) mass is 317 g/mol. The van der Waals surface area contributed by atoms with E-state index in [4.69, 9.17) is 4.74 Å². The molecule has 2 aliphatic rings. The summed E-state index contributed by atoms with van der Waals surface area (Å²) in [6.45, 7) is 1.10. The smallest absolute Gasteiger partial charge is 0.168 e. The van der Waals surface area contributed by atoms with Gasteiger partial charge in [0.1, 0.15) is 0 Å². The predicted molar refractivity (Wildman–Crippen MR) is 90.1 cm³/mol. The zero-order valence-electron chi connectivity index (χ0n) is 12.8. The van der Waals surface area contributed by atoms with Crippen LogP contribution in [0.4, 0.5) is 0 Å². The van der Waals surface area contributed by atoms with Gasteiger partial charge in [-0.1, -0.05) is 24.3 Å². The summed E-state index contributed by atoms with van der Waals surface area (Å²) >= 11 is 0. The van der Waals surface area contributed by atoms with Gasteiger partial charge in [-0.3, -0.25) is 4.90 Å². The molecule has 1 aliphatic carbocycles. The lowest BCUT2D eigenvalue weighted by molar-refractivity contribution is 0.228. The van der Waals surface area contributed by atoms with Crippen molar-refractivity contribution in [3.05, 3.63) is 47.0 Å². The Hall–Kier alpha value is -1.71. The molecule has 1 N–H and O–H groups in total. The molecule has 1 aliphatic heterocycles. The molecule has 22 heavy (non-hydrogen) atoms. The van der Waals surface area contributed by atoms with Crippen LogP contribution in [0.1, 0.15) is 22.7 Å². The molecule has 1 heterocycles. The molecule has 0 bridgehead atoms. The molecule has 0 amide bonds. The number of benzene rings is 2. The number of phenols is 1. The van der Waals surface area contributed by atoms with E-state index in [1.807, 2.05) is 6.07 Å². The predicted octanol–water partition coefficient (Wildman–Crippen LogP) is 3.57. The topological polar surface area (TPSA) is 32.7 Å². The lowest BCUT2D eigenvalue weighted by Gasteiger charge is -2.40. The fraction of sp³-hybridized carbons (Fsp3) is 0.333. The lowest BCUT2D eigenvalue weighted by atomic mass is 9.77. The molecule has 0 spiro atoms. The van der Waals surface area contributed by atoms with Gasteiger partial charge >= 0.3 is 0 Å². The minimum atomic E-state index is 0. The third kappa shape index (κ3) is 2.00. The Balaban J connectivity index is 0.00000144. The molecule has 0 radical (unpaired) electrons. The van der Waals surface area contributed by atoms with Gasteiger partial charge in [0.25, 0.3) is 0 Å². The first-order valence-corrected chi connectivity index (χ1v) is 7.42. The van der Waals surface area contributed by atoms with Gasteiger partial charge in [-0.25, -0.2) is 0 Å². The molecule has 0 fully saturated rings. The van der Waals surface area contributed by atoms with Gasteiger partial charge in [-0.05, 0) is 48.2 Å². The highest BCUT2D eigenvalue weighted by atomic mass is 35.5. The average Bonchev–Trinajstić information content (AvgIpc) is 2.51. The maximum atomic E-state index is 10.1. The molecule has 0 aromatic heterocycles. The van der Waals surface area contributed by atoms with Crippen LogP contribution in [0.15, 0.2) is 30.3 Å². The van der Waals surface area contributed by atoms with Gasteiger partial charge in [0.15, 0.2) is 11.5 Å². The van der Waals surface area contributed by atoms with Crippen molar-refractivity contribution in [2.75, 3.05) is 20.7 Å². The largest absolute Gasteiger partial charge is 0.504 e. The van der Waals surface area contributed by atoms with Crippen LogP contribution in [-0.4, -0.2) is 30.7 Å². The normalized spacial score (nSPS) is 18.9. The average molecular weight is 318 g/mol. The summed E-state index contributed by atoms with van der Waals surface area (Å²) in [5.74, 6) is 0.823. The van der Waals surface area contributed by atoms with Gasteiger partial charge in [-0.2, -0.15) is 0 Å². The fourth-order valence-corrected chi connectivity index (χ4v) is 3.87. The highest BCUT2D eigenvalue weighted by Gasteiger charge is 2.34. The molecular weight excluding hydrogens is 298 g/mol. The van der Waals surface area contributed by atoms with E-state index in [0.29, 0.717) is 11.8 Å². The Labute approximate surface area is 136 Å². The Bertz CT molecular complexity index is 729. The van der Waals surface area contributed by atoms with Crippen molar-refractivity contribution < 1.29 is 9.84 Å². The lowest BCUT2D eigenvalue weighted by Crippen LogP contribution is -2.35. The van der Waals surface area contributed by atoms with Crippen LogP contribution in [0.25, 0.3) is 11.1 Å². The molecule has 2 aromatic carbocycles. The van der Waals surface area contributed by atoms with Crippen LogP contribution < -0.4 is 4.74 Å². The number of ether oxygens (including phenoxy) is 1. The summed E-state index contributed by atoms with van der Waals surface area (Å²) in [6, 6.07) is 10.7. The van der Waals surface area contributed by atoms with Crippen LogP contribution in [-0.2, 0) is 12.8 Å². The highest BCUT2D eigenvalue weighted by Crippen LogP contribution is 2.50. The number of rotatable bonds is 1. The Morgan fingerprint density at radius 2 is 2.00 bits per heavy atom. The van der Waals surface area contributed by atoms with Gasteiger partial charge in [0.2, 0.25) is 0 Å². The molecular formula is C18H20ClNO2. The number of methoxy groups -OCH3 is 1. The van der Waals surface area contributed by atoms with Crippen LogP contribution >= 0.6 is 12.4 Å². The van der Waals surface area contributed by atoms with Crippen LogP contribution in [0.3, 0.4) is 0 Å². The van der Waals surface area contributed by atoms with Gasteiger partial charge < -0.3 is 9.84 Å². The first-order chi connectivity index (χ1) is 10.2. The molecule has 1 atom stereocenters. The standard InChI is InChI=1S/C18H19NO2.ClH/c1-19-9-8-11-4-3-5-13-16(11)14(19)10-12-6-7-15(20)18(21-2)17(12)13;/h3-7,14,20H,8-10H2,1-2H3;1H. The Kier molecular flexibility index (Phi) is 3.79. The van der Waals surface area contributed by atoms with Crippen molar-refractivity contribution in [2.24, 2.45) is 0 Å². The van der Waals surface area contributed by atoms with E-state index >= 15 is 0 Å². The highest BCUT2D eigenvalue weighted by molar-refractivity contribution is 5.85. The quantitative estimate of drug-likeness (QED) is 0.872. The van der Waals surface area contributed by atoms with E-state index in [2.05, 4.69) is 30.1 Å². The third-order valence-electron chi connectivity index (χ3n) is 4.91. The zero-order valence-corrected chi connectivity index (χ0v) is 13.6. The minimum Gasteiger partial charge on any atom is -0.504 e. The zero-order chi connectivity index (χ0) is 14.6. The van der Waals surface area contributed by atoms with Crippen LogP contribution in [0.5, 0.6) is 11.5 Å². The summed E-state index contributed by atoms with van der Waals surface area (Å²) in [5.41, 5.74) is 6.40. The number of hydrogen-bond acceptors (Lipinski definition) is 3. The summed E-state index contributed by atoms with van der Waals surface area (Å²) in [6.07, 6.45) is 2.07. The third-order valence-corrected chi connectivity index (χ3v) is 4.91. The number of aromatic hydroxyl groups is 1. The Morgan fingerprint density at radius 1 is 1.18 bits per heavy atom. The van der Waals surface area contributed by atoms with Crippen molar-refractivity contribution in [2.45, 2.75) is 18.9 Å². The molecule has 0 saturated heterocycles. The summed E-state index contributed by atoms with van der Waals surface area (Å²) in [7, 11) is 3.83. The Morgan fingerprint density at radius 3 is 2.77 bits per heavy atom. The summed E-state index contributed by atoms with van der Waals surface area (Å²) < 4.78 is 5.49. The van der Waals surface area contributed by atoms with Gasteiger partial charge in [-0.15, -0.1) is 12.4 Å². The summed E-state index contributed by atoms with van der Waals surface area (Å²) in [5, 5.41) is 10.1. The second-order valence-corrected chi connectivity index (χ2v) is 5.98. The second-order valence-electron chi connectivity index (χ2n) is 5.98. The molecule has 116 valence electrons. The fourth-order valence-electron chi connectivity index (χ4n) is 3.87. The van der Waals surface area contributed by atoms with E-state index in [0.717, 1.165) is 24.9 Å². The van der Waals surface area contributed by atoms with Gasteiger partial charge in [0, 0.05) is 18.2 Å². The van der Waals surface area contributed by atoms with Crippen molar-refractivity contribution in [1.82, 2.24) is 4.90 Å². The molecule has 0 saturated carbocycles. The van der Waals surface area contributed by atoms with E-state index in [1.165, 1.54) is 22.3 Å². The number of phenolic OH excluding ortho intramolecular Hbond substituents is 1. The summed E-state index contributed by atoms with van der Waals surface area (Å²) in [4.78, 5) is 2.44. The molecule has 4 rings (SSSR count). The SMILES string of the molecule is COc1c(O)ccc2c1-c1cccc3c1C(C2)N(C)CC3.Cl. The minimum absolute atomic E-state index is 0. The number of nitrogens with zero attached hydrogens (tertiary/aromatic N) is 1. The van der Waals surface area contributed by atoms with Crippen LogP contribution in [0, 0.1) is 0 Å². The maximum Gasteiger partial charge on any atom is 0.168 e. The van der Waals surface area contributed by atoms with E-state index in [1.54, 1.807) is 13.2 Å². The molecule has 1 unspecified atom stereocenters. The van der Waals surface area contributed by atoms with Crippen molar-refractivity contribution >= 4 is 12.4 Å². The van der Waals surface area contributed by atoms with Gasteiger partial charge in [0.05, 0.1) is 7.11 Å². The van der Waals surface area contributed by atoms with E-state index in [-0.39, 0.29) is 18.2 Å². The maximum absolute atomic E-state index is 10.1. The van der Waals surface area contributed by atoms with Crippen molar-refractivity contribution in [3.63, 3.8) is 0 Å². The molecule has 3 nitrogen and oxygen atoms in total. The number of halogens is 1. The first-order valence-electron chi connectivity index (χ1n) is 7.42. The van der Waals surface area contributed by atoms with Crippen molar-refractivity contribution in [1.29, 1.82) is 0 Å². The van der Waals surface area contributed by atoms with E-state index in [9.17, 15) is 5.11 Å². The molecule has 2 aromatic rings. The van der Waals surface area contributed by atoms with Crippen molar-refractivity contribution in [3.8, 4) is 22.6 Å². The molecule has 4 heteroatoms. The van der Waals surface area contributed by atoms with Crippen LogP contribution in [0.2, 0.25) is 0 Å². The second kappa shape index (κ2) is 5.49.